The molecule has 0 aliphatic heterocycles. The van der Waals surface area contributed by atoms with Gasteiger partial charge in [0.1, 0.15) is 5.75 Å². The third kappa shape index (κ3) is 4.06. The molecule has 1 aromatic carbocycles. The van der Waals surface area contributed by atoms with Gasteiger partial charge in [-0.25, -0.2) is 4.79 Å². The number of nitrogens with two attached hydrogens (primary N) is 1. The summed E-state index contributed by atoms with van der Waals surface area (Å²) in [6, 6.07) is 6.46. The number of urea groups is 1. The summed E-state index contributed by atoms with van der Waals surface area (Å²) in [4.78, 5) is 22.0. The van der Waals surface area contributed by atoms with Gasteiger partial charge >= 0.3 is 6.03 Å². The SMILES string of the molecule is CNCc1ccccc1OC(C)C(=O)NC(N)=O. The molecule has 0 bridgehead atoms. The van der Waals surface area contributed by atoms with Crippen molar-refractivity contribution in [1.29, 1.82) is 0 Å². The van der Waals surface area contributed by atoms with E-state index < -0.39 is 18.0 Å². The van der Waals surface area contributed by atoms with Crippen LogP contribution in [0.3, 0.4) is 0 Å². The maximum absolute atomic E-state index is 11.5. The molecule has 4 N–H and O–H groups in total. The second kappa shape index (κ2) is 6.61. The molecular weight excluding hydrogens is 234 g/mol. The molecule has 0 saturated heterocycles. The number of carbonyl (C=O) groups excluding carboxylic acids is 2. The number of primary amides is 1. The summed E-state index contributed by atoms with van der Waals surface area (Å²) in [7, 11) is 1.82. The lowest BCUT2D eigenvalue weighted by atomic mass is 10.2. The van der Waals surface area contributed by atoms with E-state index in [0.717, 1.165) is 5.56 Å². The van der Waals surface area contributed by atoms with E-state index in [0.29, 0.717) is 12.3 Å². The molecule has 0 radical (unpaired) electrons. The number of nitrogens with one attached hydrogen (secondary N) is 2. The molecule has 6 nitrogen and oxygen atoms in total. The second-order valence-electron chi connectivity index (χ2n) is 3.75. The third-order valence-electron chi connectivity index (χ3n) is 2.26. The molecule has 1 atom stereocenters. The number of rotatable bonds is 5. The topological polar surface area (TPSA) is 93.4 Å². The summed E-state index contributed by atoms with van der Waals surface area (Å²) >= 11 is 0. The molecule has 0 aliphatic rings. The third-order valence-corrected chi connectivity index (χ3v) is 2.26. The lowest BCUT2D eigenvalue weighted by molar-refractivity contribution is -0.126. The minimum absolute atomic E-state index is 0.568. The van der Waals surface area contributed by atoms with Crippen molar-refractivity contribution in [3.8, 4) is 5.75 Å². The Hall–Kier alpha value is -2.08. The van der Waals surface area contributed by atoms with Gasteiger partial charge in [0.05, 0.1) is 0 Å². The van der Waals surface area contributed by atoms with Gasteiger partial charge < -0.3 is 15.8 Å². The van der Waals surface area contributed by atoms with E-state index in [1.54, 1.807) is 13.0 Å². The predicted octanol–water partition coefficient (Wildman–Crippen LogP) is 0.368. The summed E-state index contributed by atoms with van der Waals surface area (Å²) in [5.41, 5.74) is 5.80. The van der Waals surface area contributed by atoms with Crippen molar-refractivity contribution in [3.05, 3.63) is 29.8 Å². The van der Waals surface area contributed by atoms with Crippen LogP contribution in [0.4, 0.5) is 4.79 Å². The molecule has 1 aromatic rings. The standard InChI is InChI=1S/C12H17N3O3/c1-8(11(16)15-12(13)17)18-10-6-4-3-5-9(10)7-14-2/h3-6,8,14H,7H2,1-2H3,(H3,13,15,16,17). The van der Waals surface area contributed by atoms with Crippen LogP contribution in [0.1, 0.15) is 12.5 Å². The number of hydrogen-bond acceptors (Lipinski definition) is 4. The average Bonchev–Trinajstić information content (AvgIpc) is 2.31. The van der Waals surface area contributed by atoms with Gasteiger partial charge in [-0.1, -0.05) is 18.2 Å². The summed E-state index contributed by atoms with van der Waals surface area (Å²) in [5.74, 6) is 0.0285. The number of hydrogen-bond donors (Lipinski definition) is 3. The zero-order valence-corrected chi connectivity index (χ0v) is 10.4. The minimum Gasteiger partial charge on any atom is -0.481 e. The monoisotopic (exact) mass is 251 g/mol. The number of amides is 3. The Morgan fingerprint density at radius 3 is 2.67 bits per heavy atom. The molecule has 1 rings (SSSR count). The fourth-order valence-corrected chi connectivity index (χ4v) is 1.42. The molecule has 6 heteroatoms. The Balaban J connectivity index is 2.71. The van der Waals surface area contributed by atoms with Crippen LogP contribution >= 0.6 is 0 Å². The van der Waals surface area contributed by atoms with Crippen LogP contribution in [0, 0.1) is 0 Å². The number of imide groups is 1. The lowest BCUT2D eigenvalue weighted by Gasteiger charge is -2.16. The molecule has 98 valence electrons. The fourth-order valence-electron chi connectivity index (χ4n) is 1.42. The van der Waals surface area contributed by atoms with Gasteiger partial charge in [-0.3, -0.25) is 10.1 Å². The smallest absolute Gasteiger partial charge is 0.318 e. The van der Waals surface area contributed by atoms with Crippen molar-refractivity contribution in [2.45, 2.75) is 19.6 Å². The van der Waals surface area contributed by atoms with Crippen LogP contribution in [0.2, 0.25) is 0 Å². The molecule has 3 amide bonds. The lowest BCUT2D eigenvalue weighted by Crippen LogP contribution is -2.42. The summed E-state index contributed by atoms with van der Waals surface area (Å²) in [6.07, 6.45) is -0.796. The highest BCUT2D eigenvalue weighted by molar-refractivity contribution is 5.95. The molecule has 1 unspecified atom stereocenters. The minimum atomic E-state index is -0.890. The van der Waals surface area contributed by atoms with Gasteiger partial charge in [0.15, 0.2) is 6.10 Å². The van der Waals surface area contributed by atoms with E-state index in [-0.39, 0.29) is 0 Å². The Bertz CT molecular complexity index is 434. The Kier molecular flexibility index (Phi) is 5.13. The highest BCUT2D eigenvalue weighted by Crippen LogP contribution is 2.19. The molecule has 0 saturated carbocycles. The van der Waals surface area contributed by atoms with Gasteiger partial charge in [0, 0.05) is 12.1 Å². The zero-order valence-electron chi connectivity index (χ0n) is 10.4. The maximum Gasteiger partial charge on any atom is 0.318 e. The summed E-state index contributed by atoms with van der Waals surface area (Å²) < 4.78 is 5.50. The van der Waals surface area contributed by atoms with E-state index in [9.17, 15) is 9.59 Å². The first kappa shape index (κ1) is 14.0. The molecule has 0 fully saturated rings. The maximum atomic E-state index is 11.5. The zero-order chi connectivity index (χ0) is 13.5. The first-order valence-electron chi connectivity index (χ1n) is 5.54. The largest absolute Gasteiger partial charge is 0.481 e. The number of ether oxygens (including phenoxy) is 1. The second-order valence-corrected chi connectivity index (χ2v) is 3.75. The van der Waals surface area contributed by atoms with Crippen LogP contribution < -0.4 is 21.1 Å². The quantitative estimate of drug-likeness (QED) is 0.704. The van der Waals surface area contributed by atoms with E-state index in [2.05, 4.69) is 5.32 Å². The van der Waals surface area contributed by atoms with Crippen molar-refractivity contribution in [1.82, 2.24) is 10.6 Å². The van der Waals surface area contributed by atoms with E-state index in [1.807, 2.05) is 30.6 Å². The number of carbonyl (C=O) groups is 2. The number of para-hydroxylation sites is 1. The van der Waals surface area contributed by atoms with Crippen molar-refractivity contribution in [2.75, 3.05) is 7.05 Å². The highest BCUT2D eigenvalue weighted by Gasteiger charge is 2.17. The van der Waals surface area contributed by atoms with Crippen LogP contribution in [0.15, 0.2) is 24.3 Å². The average molecular weight is 251 g/mol. The fraction of sp³-hybridized carbons (Fsp3) is 0.333. The van der Waals surface area contributed by atoms with Crippen molar-refractivity contribution in [3.63, 3.8) is 0 Å². The Morgan fingerprint density at radius 1 is 1.39 bits per heavy atom. The van der Waals surface area contributed by atoms with E-state index >= 15 is 0 Å². The summed E-state index contributed by atoms with van der Waals surface area (Å²) in [5, 5.41) is 4.98. The highest BCUT2D eigenvalue weighted by atomic mass is 16.5. The first-order valence-corrected chi connectivity index (χ1v) is 5.54. The van der Waals surface area contributed by atoms with Gasteiger partial charge in [0.25, 0.3) is 5.91 Å². The van der Waals surface area contributed by atoms with Gasteiger partial charge in [-0.2, -0.15) is 0 Å². The first-order chi connectivity index (χ1) is 8.54. The Morgan fingerprint density at radius 2 is 2.06 bits per heavy atom. The van der Waals surface area contributed by atoms with Crippen molar-refractivity contribution < 1.29 is 14.3 Å². The van der Waals surface area contributed by atoms with Gasteiger partial charge in [0.2, 0.25) is 0 Å². The van der Waals surface area contributed by atoms with Crippen LogP contribution in [-0.4, -0.2) is 25.1 Å². The molecule has 0 aromatic heterocycles. The molecule has 18 heavy (non-hydrogen) atoms. The van der Waals surface area contributed by atoms with Gasteiger partial charge in [-0.05, 0) is 20.0 Å². The van der Waals surface area contributed by atoms with Crippen LogP contribution in [-0.2, 0) is 11.3 Å². The molecular formula is C12H17N3O3. The normalized spacial score (nSPS) is 11.7. The molecule has 0 heterocycles. The van der Waals surface area contributed by atoms with E-state index in [1.165, 1.54) is 0 Å². The van der Waals surface area contributed by atoms with Crippen molar-refractivity contribution >= 4 is 11.9 Å². The number of benzene rings is 1. The van der Waals surface area contributed by atoms with Crippen LogP contribution in [0.25, 0.3) is 0 Å². The van der Waals surface area contributed by atoms with Crippen LogP contribution in [0.5, 0.6) is 5.75 Å². The molecule has 0 aliphatic carbocycles. The van der Waals surface area contributed by atoms with E-state index in [4.69, 9.17) is 10.5 Å². The van der Waals surface area contributed by atoms with Gasteiger partial charge in [-0.15, -0.1) is 0 Å². The Labute approximate surface area is 105 Å². The summed E-state index contributed by atoms with van der Waals surface area (Å²) in [6.45, 7) is 2.18. The predicted molar refractivity (Wildman–Crippen MR) is 67.0 cm³/mol. The molecule has 0 spiro atoms. The van der Waals surface area contributed by atoms with Crippen molar-refractivity contribution in [2.24, 2.45) is 5.73 Å².